The number of aliphatic hydroxyl groups is 1. The molecule has 0 aliphatic heterocycles. The highest BCUT2D eigenvalue weighted by Crippen LogP contribution is 2.17. The molecule has 0 aromatic carbocycles. The van der Waals surface area contributed by atoms with Crippen LogP contribution >= 0.6 is 0 Å². The number of hydrogen-bond acceptors (Lipinski definition) is 3. The van der Waals surface area contributed by atoms with Crippen molar-refractivity contribution in [3.8, 4) is 0 Å². The molecule has 1 amide bonds. The smallest absolute Gasteiger partial charge is 0.271 e. The van der Waals surface area contributed by atoms with Gasteiger partial charge in [-0.05, 0) is 39.2 Å². The summed E-state index contributed by atoms with van der Waals surface area (Å²) in [6.07, 6.45) is 2.16. The molecule has 0 spiro atoms. The van der Waals surface area contributed by atoms with E-state index in [0.717, 1.165) is 18.5 Å². The molecule has 1 atom stereocenters. The molecule has 1 aromatic rings. The number of nitrogens with one attached hydrogen (secondary N) is 1. The molecule has 0 aliphatic carbocycles. The molecular weight excluding hydrogens is 242 g/mol. The minimum absolute atomic E-state index is 0.173. The lowest BCUT2D eigenvalue weighted by molar-refractivity contribution is 0.0939. The molecule has 2 N–H and O–H groups in total. The first-order valence-corrected chi connectivity index (χ1v) is 7.01. The van der Waals surface area contributed by atoms with Crippen LogP contribution < -0.4 is 5.32 Å². The maximum atomic E-state index is 11.9. The summed E-state index contributed by atoms with van der Waals surface area (Å²) in [7, 11) is 0. The van der Waals surface area contributed by atoms with Gasteiger partial charge in [0.1, 0.15) is 5.69 Å². The van der Waals surface area contributed by atoms with Gasteiger partial charge in [-0.2, -0.15) is 5.10 Å². The summed E-state index contributed by atoms with van der Waals surface area (Å²) in [5.74, 6) is -0.173. The van der Waals surface area contributed by atoms with Crippen molar-refractivity contribution in [2.24, 2.45) is 0 Å². The Balaban J connectivity index is 2.69. The Morgan fingerprint density at radius 2 is 2.11 bits per heavy atom. The van der Waals surface area contributed by atoms with Crippen molar-refractivity contribution >= 4 is 5.91 Å². The van der Waals surface area contributed by atoms with E-state index in [2.05, 4.69) is 24.3 Å². The SMILES string of the molecule is CCC(CC)n1nc(C(=O)NCCC(C)O)cc1C. The van der Waals surface area contributed by atoms with Crippen LogP contribution in [0.15, 0.2) is 6.07 Å². The normalized spacial score (nSPS) is 12.7. The number of hydrogen-bond donors (Lipinski definition) is 2. The van der Waals surface area contributed by atoms with Crippen molar-refractivity contribution in [2.45, 2.75) is 59.1 Å². The Bertz CT molecular complexity index is 409. The van der Waals surface area contributed by atoms with Crippen LogP contribution in [0.2, 0.25) is 0 Å². The zero-order chi connectivity index (χ0) is 14.4. The van der Waals surface area contributed by atoms with E-state index in [1.165, 1.54) is 0 Å². The van der Waals surface area contributed by atoms with E-state index in [1.807, 2.05) is 17.7 Å². The van der Waals surface area contributed by atoms with Crippen LogP contribution in [0.5, 0.6) is 0 Å². The number of aromatic nitrogens is 2. The molecule has 1 heterocycles. The minimum atomic E-state index is -0.399. The van der Waals surface area contributed by atoms with Crippen molar-refractivity contribution in [1.82, 2.24) is 15.1 Å². The number of aryl methyl sites for hydroxylation is 1. The number of rotatable bonds is 7. The third-order valence-electron chi connectivity index (χ3n) is 3.29. The Kier molecular flexibility index (Phi) is 6.02. The molecule has 108 valence electrons. The third kappa shape index (κ3) is 4.35. The van der Waals surface area contributed by atoms with Crippen molar-refractivity contribution in [3.63, 3.8) is 0 Å². The third-order valence-corrected chi connectivity index (χ3v) is 3.29. The van der Waals surface area contributed by atoms with Crippen molar-refractivity contribution in [1.29, 1.82) is 0 Å². The van der Waals surface area contributed by atoms with E-state index in [0.29, 0.717) is 24.7 Å². The van der Waals surface area contributed by atoms with Gasteiger partial charge in [-0.1, -0.05) is 13.8 Å². The lowest BCUT2D eigenvalue weighted by atomic mass is 10.2. The van der Waals surface area contributed by atoms with E-state index in [1.54, 1.807) is 6.92 Å². The quantitative estimate of drug-likeness (QED) is 0.794. The summed E-state index contributed by atoms with van der Waals surface area (Å²) in [5, 5.41) is 16.3. The average Bonchev–Trinajstić information content (AvgIpc) is 2.73. The van der Waals surface area contributed by atoms with Gasteiger partial charge in [0.2, 0.25) is 0 Å². The topological polar surface area (TPSA) is 67.2 Å². The van der Waals surface area contributed by atoms with E-state index < -0.39 is 6.10 Å². The van der Waals surface area contributed by atoms with Gasteiger partial charge in [-0.25, -0.2) is 0 Å². The van der Waals surface area contributed by atoms with Crippen LogP contribution in [0.25, 0.3) is 0 Å². The van der Waals surface area contributed by atoms with Crippen LogP contribution in [0.3, 0.4) is 0 Å². The Labute approximate surface area is 115 Å². The highest BCUT2D eigenvalue weighted by atomic mass is 16.3. The molecule has 1 aromatic heterocycles. The van der Waals surface area contributed by atoms with Gasteiger partial charge in [-0.3, -0.25) is 9.48 Å². The summed E-state index contributed by atoms with van der Waals surface area (Å²) in [4.78, 5) is 11.9. The van der Waals surface area contributed by atoms with Crippen molar-refractivity contribution < 1.29 is 9.90 Å². The first-order valence-electron chi connectivity index (χ1n) is 7.01. The fourth-order valence-corrected chi connectivity index (χ4v) is 2.09. The van der Waals surface area contributed by atoms with E-state index in [9.17, 15) is 4.79 Å². The summed E-state index contributed by atoms with van der Waals surface area (Å²) in [6, 6.07) is 2.16. The fourth-order valence-electron chi connectivity index (χ4n) is 2.09. The van der Waals surface area contributed by atoms with Gasteiger partial charge in [0.05, 0.1) is 12.1 Å². The Morgan fingerprint density at radius 3 is 2.63 bits per heavy atom. The standard InChI is InChI=1S/C14H25N3O2/c1-5-12(6-2)17-10(3)9-13(16-17)14(19)15-8-7-11(4)18/h9,11-12,18H,5-8H2,1-4H3,(H,15,19). The molecule has 0 saturated carbocycles. The van der Waals surface area contributed by atoms with Gasteiger partial charge >= 0.3 is 0 Å². The molecular formula is C14H25N3O2. The summed E-state index contributed by atoms with van der Waals surface area (Å²) in [6.45, 7) is 8.39. The van der Waals surface area contributed by atoms with Crippen LogP contribution in [-0.4, -0.2) is 33.4 Å². The molecule has 19 heavy (non-hydrogen) atoms. The maximum Gasteiger partial charge on any atom is 0.271 e. The number of carbonyl (C=O) groups is 1. The van der Waals surface area contributed by atoms with Crippen molar-refractivity contribution in [3.05, 3.63) is 17.5 Å². The van der Waals surface area contributed by atoms with Gasteiger partial charge in [-0.15, -0.1) is 0 Å². The summed E-state index contributed by atoms with van der Waals surface area (Å²) < 4.78 is 1.93. The van der Waals surface area contributed by atoms with Gasteiger partial charge in [0.25, 0.3) is 5.91 Å². The number of amides is 1. The highest BCUT2D eigenvalue weighted by Gasteiger charge is 2.16. The Morgan fingerprint density at radius 1 is 1.47 bits per heavy atom. The van der Waals surface area contributed by atoms with E-state index in [4.69, 9.17) is 5.11 Å². The summed E-state index contributed by atoms with van der Waals surface area (Å²) >= 11 is 0. The maximum absolute atomic E-state index is 11.9. The second kappa shape index (κ2) is 7.28. The first-order chi connectivity index (χ1) is 8.99. The summed E-state index contributed by atoms with van der Waals surface area (Å²) in [5.41, 5.74) is 1.46. The fraction of sp³-hybridized carbons (Fsp3) is 0.714. The van der Waals surface area contributed by atoms with E-state index >= 15 is 0 Å². The van der Waals surface area contributed by atoms with Crippen molar-refractivity contribution in [2.75, 3.05) is 6.54 Å². The molecule has 0 radical (unpaired) electrons. The van der Waals surface area contributed by atoms with Crippen LogP contribution in [-0.2, 0) is 0 Å². The average molecular weight is 267 g/mol. The number of carbonyl (C=O) groups excluding carboxylic acids is 1. The van der Waals surface area contributed by atoms with Gasteiger partial charge in [0.15, 0.2) is 0 Å². The molecule has 0 bridgehead atoms. The largest absolute Gasteiger partial charge is 0.393 e. The molecule has 1 rings (SSSR count). The molecule has 0 saturated heterocycles. The molecule has 5 heteroatoms. The second-order valence-electron chi connectivity index (χ2n) is 4.98. The number of nitrogens with zero attached hydrogens (tertiary/aromatic N) is 2. The predicted molar refractivity (Wildman–Crippen MR) is 75.2 cm³/mol. The lowest BCUT2D eigenvalue weighted by Gasteiger charge is -2.14. The van der Waals surface area contributed by atoms with Gasteiger partial charge in [0, 0.05) is 12.2 Å². The zero-order valence-electron chi connectivity index (χ0n) is 12.3. The minimum Gasteiger partial charge on any atom is -0.393 e. The Hall–Kier alpha value is -1.36. The molecule has 5 nitrogen and oxygen atoms in total. The first kappa shape index (κ1) is 15.7. The second-order valence-corrected chi connectivity index (χ2v) is 4.98. The van der Waals surface area contributed by atoms with Crippen LogP contribution in [0.1, 0.15) is 62.3 Å². The highest BCUT2D eigenvalue weighted by molar-refractivity contribution is 5.92. The van der Waals surface area contributed by atoms with Gasteiger partial charge < -0.3 is 10.4 Å². The lowest BCUT2D eigenvalue weighted by Crippen LogP contribution is -2.27. The zero-order valence-corrected chi connectivity index (χ0v) is 12.3. The van der Waals surface area contributed by atoms with Crippen LogP contribution in [0, 0.1) is 6.92 Å². The monoisotopic (exact) mass is 267 g/mol. The van der Waals surface area contributed by atoms with Crippen LogP contribution in [0.4, 0.5) is 0 Å². The molecule has 0 fully saturated rings. The number of aliphatic hydroxyl groups excluding tert-OH is 1. The predicted octanol–water partition coefficient (Wildman–Crippen LogP) is 2.05. The van der Waals surface area contributed by atoms with E-state index in [-0.39, 0.29) is 5.91 Å². The molecule has 1 unspecified atom stereocenters. The molecule has 0 aliphatic rings.